The lowest BCUT2D eigenvalue weighted by atomic mass is 10.2. The lowest BCUT2D eigenvalue weighted by Gasteiger charge is -2.09. The smallest absolute Gasteiger partial charge is 0.216 e. The van der Waals surface area contributed by atoms with E-state index in [1.165, 1.54) is 0 Å². The highest BCUT2D eigenvalue weighted by Crippen LogP contribution is 2.19. The highest BCUT2D eigenvalue weighted by Gasteiger charge is 2.04. The first kappa shape index (κ1) is 17.6. The van der Waals surface area contributed by atoms with Crippen LogP contribution < -0.4 is 4.74 Å². The Hall–Kier alpha value is -2.25. The van der Waals surface area contributed by atoms with Crippen LogP contribution >= 0.6 is 28.1 Å². The van der Waals surface area contributed by atoms with Crippen molar-refractivity contribution in [1.29, 1.82) is 0 Å². The van der Waals surface area contributed by atoms with Crippen molar-refractivity contribution in [3.05, 3.63) is 74.7 Å². The molecule has 0 spiro atoms. The number of H-pyrrole nitrogens is 1. The van der Waals surface area contributed by atoms with Crippen molar-refractivity contribution in [2.24, 2.45) is 5.10 Å². The van der Waals surface area contributed by atoms with E-state index in [9.17, 15) is 0 Å². The molecule has 0 aliphatic rings. The molecule has 1 aromatic heterocycles. The van der Waals surface area contributed by atoms with Crippen LogP contribution in [0.2, 0.25) is 0 Å². The van der Waals surface area contributed by atoms with E-state index in [4.69, 9.17) is 17.0 Å². The number of aryl methyl sites for hydroxylation is 1. The lowest BCUT2D eigenvalue weighted by molar-refractivity contribution is 0.306. The Bertz CT molecular complexity index is 931. The van der Waals surface area contributed by atoms with Crippen LogP contribution in [0.25, 0.3) is 0 Å². The largest absolute Gasteiger partial charge is 0.488 e. The predicted molar refractivity (Wildman–Crippen MR) is 105 cm³/mol. The first-order chi connectivity index (χ1) is 12.2. The van der Waals surface area contributed by atoms with E-state index < -0.39 is 0 Å². The molecule has 1 heterocycles. The third-order valence-electron chi connectivity index (χ3n) is 3.57. The number of halogens is 1. The number of hydrogen-bond acceptors (Lipinski definition) is 4. The summed E-state index contributed by atoms with van der Waals surface area (Å²) in [7, 11) is 0. The molecule has 128 valence electrons. The van der Waals surface area contributed by atoms with Gasteiger partial charge in [0.15, 0.2) is 5.82 Å². The van der Waals surface area contributed by atoms with Crippen LogP contribution in [0.15, 0.2) is 58.1 Å². The molecule has 0 unspecified atom stereocenters. The summed E-state index contributed by atoms with van der Waals surface area (Å²) in [5.74, 6) is 1.55. The third kappa shape index (κ3) is 4.43. The van der Waals surface area contributed by atoms with E-state index in [1.807, 2.05) is 55.5 Å². The second-order valence-electron chi connectivity index (χ2n) is 5.31. The van der Waals surface area contributed by atoms with Crippen molar-refractivity contribution in [2.45, 2.75) is 20.0 Å². The van der Waals surface area contributed by atoms with E-state index >= 15 is 0 Å². The molecule has 3 aromatic rings. The minimum atomic E-state index is 0.473. The Morgan fingerprint density at radius 2 is 2.00 bits per heavy atom. The minimum Gasteiger partial charge on any atom is -0.488 e. The summed E-state index contributed by atoms with van der Waals surface area (Å²) < 4.78 is 9.10. The molecule has 3 rings (SSSR count). The molecular weight excluding hydrogens is 400 g/mol. The van der Waals surface area contributed by atoms with Gasteiger partial charge in [0, 0.05) is 16.5 Å². The van der Waals surface area contributed by atoms with Gasteiger partial charge in [-0.05, 0) is 42.0 Å². The van der Waals surface area contributed by atoms with Crippen LogP contribution in [-0.4, -0.2) is 21.1 Å². The molecule has 25 heavy (non-hydrogen) atoms. The van der Waals surface area contributed by atoms with Crippen molar-refractivity contribution in [3.8, 4) is 5.75 Å². The van der Waals surface area contributed by atoms with Gasteiger partial charge in [-0.15, -0.1) is 0 Å². The molecular formula is C18H17BrN4OS. The minimum absolute atomic E-state index is 0.473. The highest BCUT2D eigenvalue weighted by atomic mass is 79.9. The molecule has 7 heteroatoms. The molecule has 1 N–H and O–H groups in total. The summed E-state index contributed by atoms with van der Waals surface area (Å²) in [6, 6.07) is 15.8. The first-order valence-corrected chi connectivity index (χ1v) is 9.04. The molecule has 0 aliphatic heterocycles. The van der Waals surface area contributed by atoms with Gasteiger partial charge < -0.3 is 4.74 Å². The van der Waals surface area contributed by atoms with Crippen molar-refractivity contribution in [2.75, 3.05) is 0 Å². The normalized spacial score (nSPS) is 11.1. The van der Waals surface area contributed by atoms with Crippen molar-refractivity contribution in [1.82, 2.24) is 14.9 Å². The predicted octanol–water partition coefficient (Wildman–Crippen LogP) is 4.73. The van der Waals surface area contributed by atoms with Crippen molar-refractivity contribution >= 4 is 34.4 Å². The fourth-order valence-corrected chi connectivity index (χ4v) is 2.71. The molecule has 0 atom stereocenters. The summed E-state index contributed by atoms with van der Waals surface area (Å²) in [4.78, 5) is 0. The molecule has 0 saturated heterocycles. The van der Waals surface area contributed by atoms with Gasteiger partial charge in [-0.2, -0.15) is 14.9 Å². The number of rotatable bonds is 6. The number of para-hydroxylation sites is 1. The van der Waals surface area contributed by atoms with E-state index in [0.29, 0.717) is 11.4 Å². The van der Waals surface area contributed by atoms with Gasteiger partial charge in [0.05, 0.1) is 6.21 Å². The number of aromatic nitrogens is 3. The topological polar surface area (TPSA) is 55.2 Å². The van der Waals surface area contributed by atoms with Crippen LogP contribution in [0.5, 0.6) is 5.75 Å². The maximum atomic E-state index is 5.95. The maximum Gasteiger partial charge on any atom is 0.216 e. The molecule has 0 aliphatic carbocycles. The molecule has 0 fully saturated rings. The average Bonchev–Trinajstić information content (AvgIpc) is 3.00. The average molecular weight is 417 g/mol. The van der Waals surface area contributed by atoms with Crippen LogP contribution in [0.1, 0.15) is 23.9 Å². The molecule has 0 saturated carbocycles. The molecule has 0 radical (unpaired) electrons. The number of ether oxygens (including phenoxy) is 1. The number of benzene rings is 2. The Balaban J connectivity index is 1.78. The van der Waals surface area contributed by atoms with E-state index in [1.54, 1.807) is 10.9 Å². The van der Waals surface area contributed by atoms with Crippen LogP contribution in [0, 0.1) is 4.77 Å². The second kappa shape index (κ2) is 8.22. The van der Waals surface area contributed by atoms with Gasteiger partial charge >= 0.3 is 0 Å². The van der Waals surface area contributed by atoms with Gasteiger partial charge in [-0.1, -0.05) is 47.1 Å². The highest BCUT2D eigenvalue weighted by molar-refractivity contribution is 9.10. The zero-order chi connectivity index (χ0) is 17.6. The standard InChI is InChI=1S/C18H17BrN4OS/c1-2-17-21-22-18(25)23(17)20-11-14-5-3-4-6-16(14)24-12-13-7-9-15(19)10-8-13/h3-11H,2,12H2,1H3,(H,22,25)/b20-11+. The number of nitrogens with zero attached hydrogens (tertiary/aromatic N) is 3. The first-order valence-electron chi connectivity index (χ1n) is 7.84. The van der Waals surface area contributed by atoms with Gasteiger partial charge in [-0.3, -0.25) is 5.10 Å². The van der Waals surface area contributed by atoms with Gasteiger partial charge in [-0.25, -0.2) is 0 Å². The fourth-order valence-electron chi connectivity index (χ4n) is 2.25. The Kier molecular flexibility index (Phi) is 5.78. The van der Waals surface area contributed by atoms with Gasteiger partial charge in [0.1, 0.15) is 12.4 Å². The summed E-state index contributed by atoms with van der Waals surface area (Å²) in [6.45, 7) is 2.50. The third-order valence-corrected chi connectivity index (χ3v) is 4.37. The van der Waals surface area contributed by atoms with Gasteiger partial charge in [0.2, 0.25) is 4.77 Å². The summed E-state index contributed by atoms with van der Waals surface area (Å²) in [6.07, 6.45) is 2.48. The summed E-state index contributed by atoms with van der Waals surface area (Å²) >= 11 is 8.64. The van der Waals surface area contributed by atoms with E-state index in [-0.39, 0.29) is 0 Å². The quantitative estimate of drug-likeness (QED) is 0.466. The number of hydrogen-bond donors (Lipinski definition) is 1. The molecule has 0 bridgehead atoms. The Morgan fingerprint density at radius 1 is 1.24 bits per heavy atom. The van der Waals surface area contributed by atoms with Crippen molar-refractivity contribution in [3.63, 3.8) is 0 Å². The zero-order valence-corrected chi connectivity index (χ0v) is 16.0. The molecule has 2 aromatic carbocycles. The summed E-state index contributed by atoms with van der Waals surface area (Å²) in [5.41, 5.74) is 1.98. The van der Waals surface area contributed by atoms with Gasteiger partial charge in [0.25, 0.3) is 0 Å². The summed E-state index contributed by atoms with van der Waals surface area (Å²) in [5, 5.41) is 11.3. The zero-order valence-electron chi connectivity index (χ0n) is 13.6. The van der Waals surface area contributed by atoms with Crippen molar-refractivity contribution < 1.29 is 4.74 Å². The van der Waals surface area contributed by atoms with E-state index in [0.717, 1.165) is 33.6 Å². The molecule has 0 amide bonds. The van der Waals surface area contributed by atoms with Crippen LogP contribution in [-0.2, 0) is 13.0 Å². The number of nitrogens with one attached hydrogen (secondary N) is 1. The Morgan fingerprint density at radius 3 is 2.76 bits per heavy atom. The second-order valence-corrected chi connectivity index (χ2v) is 6.61. The SMILES string of the molecule is CCc1n[nH]c(=S)n1/N=C/c1ccccc1OCc1ccc(Br)cc1. The maximum absolute atomic E-state index is 5.95. The Labute approximate surface area is 159 Å². The fraction of sp³-hybridized carbons (Fsp3) is 0.167. The molecule has 5 nitrogen and oxygen atoms in total. The number of aromatic amines is 1. The monoisotopic (exact) mass is 416 g/mol. The lowest BCUT2D eigenvalue weighted by Crippen LogP contribution is -2.00. The van der Waals surface area contributed by atoms with E-state index in [2.05, 4.69) is 31.2 Å². The van der Waals surface area contributed by atoms with Crippen LogP contribution in [0.4, 0.5) is 0 Å². The van der Waals surface area contributed by atoms with Crippen LogP contribution in [0.3, 0.4) is 0 Å².